The number of hydrogen-bond donors (Lipinski definition) is 2. The van der Waals surface area contributed by atoms with Gasteiger partial charge in [-0.25, -0.2) is 0 Å². The molecule has 2 atom stereocenters. The molecule has 7 nitrogen and oxygen atoms in total. The number of aliphatic hydroxyl groups excluding tert-OH is 1. The first-order valence-corrected chi connectivity index (χ1v) is 8.21. The standard InChI is InChI=1S/C17H22N4O3/c1-12(14-3-2-4-15(7-14)13-5-6-13)18-9-17(22)11-20-10-16(8-19-20)21(23)24/h2-4,7-8,10,12-13,17-18,22H,5-6,9,11H2,1H3. The van der Waals surface area contributed by atoms with Crippen LogP contribution in [-0.4, -0.2) is 32.5 Å². The highest BCUT2D eigenvalue weighted by Gasteiger charge is 2.23. The van der Waals surface area contributed by atoms with Crippen LogP contribution in [0.3, 0.4) is 0 Å². The fourth-order valence-electron chi connectivity index (χ4n) is 2.76. The maximum absolute atomic E-state index is 10.6. The Labute approximate surface area is 140 Å². The molecule has 1 heterocycles. The zero-order valence-corrected chi connectivity index (χ0v) is 13.6. The van der Waals surface area contributed by atoms with E-state index in [0.717, 1.165) is 5.92 Å². The van der Waals surface area contributed by atoms with Crippen molar-refractivity contribution in [3.8, 4) is 0 Å². The third-order valence-electron chi connectivity index (χ3n) is 4.35. The van der Waals surface area contributed by atoms with Crippen molar-refractivity contribution < 1.29 is 10.0 Å². The van der Waals surface area contributed by atoms with Gasteiger partial charge in [0.15, 0.2) is 0 Å². The summed E-state index contributed by atoms with van der Waals surface area (Å²) < 4.78 is 1.39. The molecule has 2 N–H and O–H groups in total. The van der Waals surface area contributed by atoms with Crippen molar-refractivity contribution in [2.45, 2.75) is 44.4 Å². The van der Waals surface area contributed by atoms with E-state index in [1.807, 2.05) is 0 Å². The summed E-state index contributed by atoms with van der Waals surface area (Å²) in [6, 6.07) is 8.71. The van der Waals surface area contributed by atoms with Gasteiger partial charge < -0.3 is 10.4 Å². The summed E-state index contributed by atoms with van der Waals surface area (Å²) >= 11 is 0. The van der Waals surface area contributed by atoms with Crippen molar-refractivity contribution in [2.75, 3.05) is 6.54 Å². The largest absolute Gasteiger partial charge is 0.390 e. The Hall–Kier alpha value is -2.25. The van der Waals surface area contributed by atoms with Gasteiger partial charge in [0.05, 0.1) is 17.6 Å². The quantitative estimate of drug-likeness (QED) is 0.572. The molecule has 128 valence electrons. The molecule has 1 aliphatic carbocycles. The molecule has 0 amide bonds. The SMILES string of the molecule is CC(NCC(O)Cn1cc([N+](=O)[O-])cn1)c1cccc(C2CC2)c1. The van der Waals surface area contributed by atoms with E-state index >= 15 is 0 Å². The zero-order chi connectivity index (χ0) is 17.1. The number of nitro groups is 1. The Kier molecular flexibility index (Phi) is 4.92. The number of hydrogen-bond acceptors (Lipinski definition) is 5. The number of aliphatic hydroxyl groups is 1. The molecular weight excluding hydrogens is 308 g/mol. The third-order valence-corrected chi connectivity index (χ3v) is 4.35. The number of rotatable bonds is 8. The van der Waals surface area contributed by atoms with Gasteiger partial charge in [-0.1, -0.05) is 24.3 Å². The van der Waals surface area contributed by atoms with Crippen LogP contribution in [0.5, 0.6) is 0 Å². The number of nitrogens with one attached hydrogen (secondary N) is 1. The molecule has 0 radical (unpaired) electrons. The molecule has 7 heteroatoms. The van der Waals surface area contributed by atoms with E-state index in [1.165, 1.54) is 41.0 Å². The second-order valence-corrected chi connectivity index (χ2v) is 6.41. The highest BCUT2D eigenvalue weighted by atomic mass is 16.6. The van der Waals surface area contributed by atoms with E-state index in [2.05, 4.69) is 41.6 Å². The molecule has 24 heavy (non-hydrogen) atoms. The summed E-state index contributed by atoms with van der Waals surface area (Å²) in [7, 11) is 0. The normalized spacial score (nSPS) is 16.8. The molecule has 0 saturated heterocycles. The van der Waals surface area contributed by atoms with E-state index in [1.54, 1.807) is 0 Å². The Morgan fingerprint density at radius 3 is 2.96 bits per heavy atom. The molecule has 1 aromatic heterocycles. The first-order valence-electron chi connectivity index (χ1n) is 8.21. The van der Waals surface area contributed by atoms with Gasteiger partial charge >= 0.3 is 5.69 Å². The van der Waals surface area contributed by atoms with E-state index < -0.39 is 11.0 Å². The fraction of sp³-hybridized carbons (Fsp3) is 0.471. The maximum atomic E-state index is 10.6. The molecule has 1 saturated carbocycles. The van der Waals surface area contributed by atoms with Gasteiger partial charge in [-0.2, -0.15) is 5.10 Å². The van der Waals surface area contributed by atoms with Crippen LogP contribution in [0.4, 0.5) is 5.69 Å². The van der Waals surface area contributed by atoms with Crippen molar-refractivity contribution in [3.05, 3.63) is 57.9 Å². The van der Waals surface area contributed by atoms with Crippen LogP contribution in [-0.2, 0) is 6.54 Å². The third kappa shape index (κ3) is 4.18. The summed E-state index contributed by atoms with van der Waals surface area (Å²) in [6.07, 6.45) is 4.40. The summed E-state index contributed by atoms with van der Waals surface area (Å²) in [5.41, 5.74) is 2.53. The Bertz CT molecular complexity index is 711. The minimum atomic E-state index is -0.668. The molecule has 0 spiro atoms. The lowest BCUT2D eigenvalue weighted by molar-refractivity contribution is -0.385. The monoisotopic (exact) mass is 330 g/mol. The molecular formula is C17H22N4O3. The topological polar surface area (TPSA) is 93.2 Å². The Morgan fingerprint density at radius 2 is 2.29 bits per heavy atom. The molecule has 1 fully saturated rings. The average Bonchev–Trinajstić information content (AvgIpc) is 3.32. The lowest BCUT2D eigenvalue weighted by atomic mass is 10.0. The number of nitrogens with zero attached hydrogens (tertiary/aromatic N) is 3. The molecule has 1 aliphatic rings. The van der Waals surface area contributed by atoms with Crippen LogP contribution in [0.25, 0.3) is 0 Å². The van der Waals surface area contributed by atoms with Crippen LogP contribution < -0.4 is 5.32 Å². The smallest absolute Gasteiger partial charge is 0.306 e. The van der Waals surface area contributed by atoms with Crippen molar-refractivity contribution in [2.24, 2.45) is 0 Å². The molecule has 2 aromatic rings. The second-order valence-electron chi connectivity index (χ2n) is 6.41. The predicted octanol–water partition coefficient (Wildman–Crippen LogP) is 2.38. The first kappa shape index (κ1) is 16.6. The average molecular weight is 330 g/mol. The van der Waals surface area contributed by atoms with Crippen LogP contribution in [0.2, 0.25) is 0 Å². The minimum Gasteiger partial charge on any atom is -0.390 e. The Balaban J connectivity index is 1.50. The van der Waals surface area contributed by atoms with Gasteiger partial charge in [0.25, 0.3) is 0 Å². The maximum Gasteiger partial charge on any atom is 0.306 e. The highest BCUT2D eigenvalue weighted by Crippen LogP contribution is 2.40. The van der Waals surface area contributed by atoms with Gasteiger partial charge in [-0.05, 0) is 36.8 Å². The summed E-state index contributed by atoms with van der Waals surface area (Å²) in [4.78, 5) is 10.1. The number of benzene rings is 1. The van der Waals surface area contributed by atoms with E-state index in [0.29, 0.717) is 6.54 Å². The Morgan fingerprint density at radius 1 is 1.50 bits per heavy atom. The summed E-state index contributed by atoms with van der Waals surface area (Å²) in [5, 5.41) is 27.9. The van der Waals surface area contributed by atoms with Crippen LogP contribution in [0.15, 0.2) is 36.7 Å². The predicted molar refractivity (Wildman–Crippen MR) is 89.7 cm³/mol. The van der Waals surface area contributed by atoms with Crippen molar-refractivity contribution in [3.63, 3.8) is 0 Å². The fourth-order valence-corrected chi connectivity index (χ4v) is 2.76. The zero-order valence-electron chi connectivity index (χ0n) is 13.6. The lowest BCUT2D eigenvalue weighted by Gasteiger charge is -2.18. The van der Waals surface area contributed by atoms with Crippen LogP contribution in [0.1, 0.15) is 42.9 Å². The van der Waals surface area contributed by atoms with Gasteiger partial charge in [0.2, 0.25) is 0 Å². The van der Waals surface area contributed by atoms with E-state index in [4.69, 9.17) is 0 Å². The van der Waals surface area contributed by atoms with Crippen molar-refractivity contribution in [1.82, 2.24) is 15.1 Å². The molecule has 2 unspecified atom stereocenters. The molecule has 1 aromatic carbocycles. The van der Waals surface area contributed by atoms with Gasteiger partial charge in [-0.15, -0.1) is 0 Å². The van der Waals surface area contributed by atoms with Crippen LogP contribution >= 0.6 is 0 Å². The van der Waals surface area contributed by atoms with Crippen molar-refractivity contribution in [1.29, 1.82) is 0 Å². The lowest BCUT2D eigenvalue weighted by Crippen LogP contribution is -2.32. The van der Waals surface area contributed by atoms with Gasteiger partial charge in [0.1, 0.15) is 12.4 Å². The summed E-state index contributed by atoms with van der Waals surface area (Å²) in [6.45, 7) is 2.68. The minimum absolute atomic E-state index is 0.0691. The number of aromatic nitrogens is 2. The molecule has 3 rings (SSSR count). The highest BCUT2D eigenvalue weighted by molar-refractivity contribution is 5.30. The van der Waals surface area contributed by atoms with E-state index in [9.17, 15) is 15.2 Å². The van der Waals surface area contributed by atoms with Crippen molar-refractivity contribution >= 4 is 5.69 Å². The van der Waals surface area contributed by atoms with Gasteiger partial charge in [-0.3, -0.25) is 14.8 Å². The summed E-state index contributed by atoms with van der Waals surface area (Å²) in [5.74, 6) is 0.721. The second kappa shape index (κ2) is 7.11. The molecule has 0 aliphatic heterocycles. The van der Waals surface area contributed by atoms with E-state index in [-0.39, 0.29) is 18.3 Å². The van der Waals surface area contributed by atoms with Gasteiger partial charge in [0, 0.05) is 12.6 Å². The van der Waals surface area contributed by atoms with Crippen LogP contribution in [0, 0.1) is 10.1 Å². The molecule has 0 bridgehead atoms. The first-order chi connectivity index (χ1) is 11.5.